The van der Waals surface area contributed by atoms with Crippen molar-refractivity contribution in [1.82, 2.24) is 0 Å². The van der Waals surface area contributed by atoms with Gasteiger partial charge < -0.3 is 9.84 Å². The monoisotopic (exact) mass is 384 g/mol. The number of ketones is 1. The molecule has 3 aliphatic carbocycles. The van der Waals surface area contributed by atoms with Gasteiger partial charge in [0.25, 0.3) is 0 Å². The number of carbonyl (C=O) groups is 2. The second-order valence-electron chi connectivity index (χ2n) is 9.36. The summed E-state index contributed by atoms with van der Waals surface area (Å²) >= 11 is 0. The number of aromatic hydroxyl groups is 1. The zero-order valence-corrected chi connectivity index (χ0v) is 17.1. The van der Waals surface area contributed by atoms with Crippen LogP contribution in [0.3, 0.4) is 0 Å². The fourth-order valence-electron chi connectivity index (χ4n) is 6.44. The predicted molar refractivity (Wildman–Crippen MR) is 107 cm³/mol. The lowest BCUT2D eigenvalue weighted by Gasteiger charge is -2.50. The fourth-order valence-corrected chi connectivity index (χ4v) is 6.44. The second-order valence-corrected chi connectivity index (χ2v) is 9.36. The maximum absolute atomic E-state index is 12.3. The van der Waals surface area contributed by atoms with E-state index >= 15 is 0 Å². The minimum atomic E-state index is -0.336. The number of carbonyl (C=O) groups excluding carboxylic acids is 2. The maximum Gasteiger partial charge on any atom is 0.313 e. The smallest absolute Gasteiger partial charge is 0.313 e. The first kappa shape index (κ1) is 19.5. The highest BCUT2D eigenvalue weighted by atomic mass is 16.5. The first-order valence-corrected chi connectivity index (χ1v) is 11.0. The quantitative estimate of drug-likeness (QED) is 0.578. The normalized spacial score (nSPS) is 33.5. The summed E-state index contributed by atoms with van der Waals surface area (Å²) in [6, 6.07) is 5.88. The Labute approximate surface area is 167 Å². The third-order valence-electron chi connectivity index (χ3n) is 7.77. The van der Waals surface area contributed by atoms with Crippen LogP contribution in [-0.2, 0) is 20.7 Å². The molecule has 4 nitrogen and oxygen atoms in total. The SMILES string of the molecule is CCCC(=O)CC(=O)O[C@H]1CC[C@H]2[C@@H]3CCc4cc(O)ccc4[C@H]3CC[C@]12C. The molecule has 152 valence electrons. The van der Waals surface area contributed by atoms with E-state index in [1.807, 2.05) is 19.1 Å². The second kappa shape index (κ2) is 7.53. The van der Waals surface area contributed by atoms with Crippen LogP contribution in [0.25, 0.3) is 0 Å². The highest BCUT2D eigenvalue weighted by Crippen LogP contribution is 2.61. The molecule has 28 heavy (non-hydrogen) atoms. The summed E-state index contributed by atoms with van der Waals surface area (Å²) in [6.45, 7) is 4.26. The van der Waals surface area contributed by atoms with E-state index in [9.17, 15) is 14.7 Å². The standard InChI is InChI=1S/C24H32O4/c1-3-4-16(25)14-23(27)28-22-10-9-21-20-7-5-15-13-17(26)6-8-18(15)19(20)11-12-24(21,22)2/h6,8,13,19-22,26H,3-5,7,9-12,14H2,1-2H3/t19-,20-,21+,22+,24+/m1/s1. The number of hydrogen-bond acceptors (Lipinski definition) is 4. The lowest BCUT2D eigenvalue weighted by atomic mass is 9.55. The van der Waals surface area contributed by atoms with Gasteiger partial charge in [-0.05, 0) is 86.0 Å². The van der Waals surface area contributed by atoms with Crippen molar-refractivity contribution in [3.63, 3.8) is 0 Å². The summed E-state index contributed by atoms with van der Waals surface area (Å²) < 4.78 is 5.87. The number of aryl methyl sites for hydroxylation is 1. The molecule has 0 radical (unpaired) electrons. The summed E-state index contributed by atoms with van der Waals surface area (Å²) in [6.07, 6.45) is 7.46. The highest BCUT2D eigenvalue weighted by Gasteiger charge is 2.56. The van der Waals surface area contributed by atoms with E-state index in [1.54, 1.807) is 0 Å². The van der Waals surface area contributed by atoms with Gasteiger partial charge in [-0.25, -0.2) is 0 Å². The van der Waals surface area contributed by atoms with E-state index < -0.39 is 0 Å². The molecule has 0 saturated heterocycles. The average Bonchev–Trinajstić information content (AvgIpc) is 2.97. The van der Waals surface area contributed by atoms with Crippen molar-refractivity contribution >= 4 is 11.8 Å². The van der Waals surface area contributed by atoms with E-state index in [-0.39, 0.29) is 29.7 Å². The molecule has 0 unspecified atom stereocenters. The molecule has 1 N–H and O–H groups in total. The number of hydrogen-bond donors (Lipinski definition) is 1. The predicted octanol–water partition coefficient (Wildman–Crippen LogP) is 4.92. The summed E-state index contributed by atoms with van der Waals surface area (Å²) in [7, 11) is 0. The number of benzene rings is 1. The van der Waals surface area contributed by atoms with Crippen molar-refractivity contribution in [2.45, 2.75) is 83.7 Å². The van der Waals surface area contributed by atoms with E-state index in [2.05, 4.69) is 13.0 Å². The molecule has 4 rings (SSSR count). The van der Waals surface area contributed by atoms with Crippen molar-refractivity contribution in [1.29, 1.82) is 0 Å². The van der Waals surface area contributed by atoms with E-state index in [1.165, 1.54) is 11.1 Å². The zero-order valence-electron chi connectivity index (χ0n) is 17.1. The number of ether oxygens (including phenoxy) is 1. The van der Waals surface area contributed by atoms with Gasteiger partial charge >= 0.3 is 5.97 Å². The van der Waals surface area contributed by atoms with Crippen molar-refractivity contribution in [3.05, 3.63) is 29.3 Å². The van der Waals surface area contributed by atoms with Crippen molar-refractivity contribution in [2.75, 3.05) is 0 Å². The average molecular weight is 385 g/mol. The molecule has 0 spiro atoms. The Kier molecular flexibility index (Phi) is 5.24. The van der Waals surface area contributed by atoms with Crippen LogP contribution in [0, 0.1) is 17.3 Å². The molecule has 0 aromatic heterocycles. The zero-order chi connectivity index (χ0) is 19.9. The van der Waals surface area contributed by atoms with Crippen LogP contribution in [0.5, 0.6) is 5.75 Å². The Bertz CT molecular complexity index is 770. The molecule has 3 aliphatic rings. The van der Waals surface area contributed by atoms with Crippen LogP contribution in [-0.4, -0.2) is 23.0 Å². The Balaban J connectivity index is 1.47. The largest absolute Gasteiger partial charge is 0.508 e. The molecular weight excluding hydrogens is 352 g/mol. The first-order chi connectivity index (χ1) is 13.4. The summed E-state index contributed by atoms with van der Waals surface area (Å²) in [4.78, 5) is 24.1. The molecule has 1 aromatic carbocycles. The molecule has 0 amide bonds. The van der Waals surface area contributed by atoms with Gasteiger partial charge in [0.1, 0.15) is 24.1 Å². The van der Waals surface area contributed by atoms with Gasteiger partial charge in [0.2, 0.25) is 0 Å². The van der Waals surface area contributed by atoms with Crippen LogP contribution >= 0.6 is 0 Å². The molecule has 5 atom stereocenters. The van der Waals surface area contributed by atoms with Crippen molar-refractivity contribution in [3.8, 4) is 5.75 Å². The number of fused-ring (bicyclic) bond motifs is 5. The molecule has 2 fully saturated rings. The van der Waals surface area contributed by atoms with Gasteiger partial charge in [0.15, 0.2) is 0 Å². The Morgan fingerprint density at radius 3 is 2.82 bits per heavy atom. The molecule has 0 heterocycles. The van der Waals surface area contributed by atoms with Crippen LogP contribution in [0.2, 0.25) is 0 Å². The first-order valence-electron chi connectivity index (χ1n) is 11.0. The molecule has 4 heteroatoms. The van der Waals surface area contributed by atoms with E-state index in [0.717, 1.165) is 44.9 Å². The minimum Gasteiger partial charge on any atom is -0.508 e. The van der Waals surface area contributed by atoms with Gasteiger partial charge in [0, 0.05) is 11.8 Å². The Hall–Kier alpha value is -1.84. The van der Waals surface area contributed by atoms with Crippen LogP contribution in [0.15, 0.2) is 18.2 Å². The van der Waals surface area contributed by atoms with Crippen molar-refractivity contribution < 1.29 is 19.4 Å². The summed E-state index contributed by atoms with van der Waals surface area (Å²) in [5.41, 5.74) is 2.75. The molecule has 1 aromatic rings. The molecule has 0 aliphatic heterocycles. The summed E-state index contributed by atoms with van der Waals surface area (Å²) in [5, 5.41) is 9.82. The van der Waals surface area contributed by atoms with Crippen LogP contribution in [0.1, 0.15) is 82.3 Å². The van der Waals surface area contributed by atoms with Gasteiger partial charge in [-0.2, -0.15) is 0 Å². The van der Waals surface area contributed by atoms with Crippen molar-refractivity contribution in [2.24, 2.45) is 17.3 Å². The fraction of sp³-hybridized carbons (Fsp3) is 0.667. The maximum atomic E-state index is 12.3. The third-order valence-corrected chi connectivity index (χ3v) is 7.77. The van der Waals surface area contributed by atoms with Gasteiger partial charge in [-0.1, -0.05) is 19.9 Å². The Morgan fingerprint density at radius 2 is 2.04 bits per heavy atom. The van der Waals surface area contributed by atoms with Gasteiger partial charge in [-0.15, -0.1) is 0 Å². The Morgan fingerprint density at radius 1 is 1.21 bits per heavy atom. The van der Waals surface area contributed by atoms with E-state index in [4.69, 9.17) is 4.74 Å². The van der Waals surface area contributed by atoms with Gasteiger partial charge in [-0.3, -0.25) is 9.59 Å². The number of phenols is 1. The summed E-state index contributed by atoms with van der Waals surface area (Å²) in [5.74, 6) is 1.77. The van der Waals surface area contributed by atoms with Crippen LogP contribution in [0.4, 0.5) is 0 Å². The number of esters is 1. The van der Waals surface area contributed by atoms with Crippen LogP contribution < -0.4 is 0 Å². The van der Waals surface area contributed by atoms with Gasteiger partial charge in [0.05, 0.1) is 0 Å². The number of Topliss-reactive ketones (excluding diaryl/α,β-unsaturated/α-hetero) is 1. The topological polar surface area (TPSA) is 63.6 Å². The lowest BCUT2D eigenvalue weighted by molar-refractivity contribution is -0.158. The number of phenolic OH excluding ortho intramolecular Hbond substituents is 1. The molecule has 2 saturated carbocycles. The minimum absolute atomic E-state index is 0.0111. The molecular formula is C24H32O4. The number of rotatable bonds is 5. The molecule has 0 bridgehead atoms. The third kappa shape index (κ3) is 3.35. The lowest BCUT2D eigenvalue weighted by Crippen LogP contribution is -2.45. The highest BCUT2D eigenvalue weighted by molar-refractivity contribution is 5.95. The van der Waals surface area contributed by atoms with E-state index in [0.29, 0.717) is 29.9 Å².